The molecule has 0 saturated heterocycles. The molecule has 0 spiro atoms. The van der Waals surface area contributed by atoms with Gasteiger partial charge in [0.05, 0.1) is 4.32 Å². The molecule has 0 heterocycles. The lowest BCUT2D eigenvalue weighted by Crippen LogP contribution is -2.27. The molecule has 0 saturated carbocycles. The Kier molecular flexibility index (Phi) is 3.58. The van der Waals surface area contributed by atoms with E-state index in [1.807, 2.05) is 13.8 Å². The van der Waals surface area contributed by atoms with Crippen LogP contribution < -0.4 is 0 Å². The Hall–Kier alpha value is 1.92. The van der Waals surface area contributed by atoms with Crippen LogP contribution in [0.5, 0.6) is 0 Å². The van der Waals surface area contributed by atoms with Gasteiger partial charge in [-0.2, -0.15) is 0 Å². The Morgan fingerprint density at radius 2 is 1.00 bits per heavy atom. The second-order valence-corrected chi connectivity index (χ2v) is 10.7. The van der Waals surface area contributed by atoms with E-state index in [1.54, 1.807) is 0 Å². The van der Waals surface area contributed by atoms with E-state index in [4.69, 9.17) is 0 Å². The first-order valence-corrected chi connectivity index (χ1v) is 5.18. The van der Waals surface area contributed by atoms with E-state index in [0.29, 0.717) is 0 Å². The van der Waals surface area contributed by atoms with Crippen molar-refractivity contribution in [3.05, 3.63) is 0 Å². The zero-order valence-corrected chi connectivity index (χ0v) is 10.9. The second kappa shape index (κ2) is 2.89. The van der Waals surface area contributed by atoms with E-state index < -0.39 is 0 Å². The third kappa shape index (κ3) is 3.18. The van der Waals surface area contributed by atoms with E-state index in [-0.39, 0.29) is 6.47 Å². The number of alkyl halides is 4. The van der Waals surface area contributed by atoms with Crippen molar-refractivity contribution in [1.82, 2.24) is 0 Å². The third-order valence-corrected chi connectivity index (χ3v) is 5.84. The van der Waals surface area contributed by atoms with Gasteiger partial charge in [0.1, 0.15) is 2.14 Å². The average molecular weight is 374 g/mol. The van der Waals surface area contributed by atoms with Gasteiger partial charge in [0.2, 0.25) is 0 Å². The highest BCUT2D eigenvalue weighted by Gasteiger charge is 2.35. The van der Waals surface area contributed by atoms with Gasteiger partial charge in [-0.05, 0) is 13.8 Å². The van der Waals surface area contributed by atoms with Crippen molar-refractivity contribution in [2.24, 2.45) is 0 Å². The number of halogens is 4. The summed E-state index contributed by atoms with van der Waals surface area (Å²) in [5, 5.41) is 0. The van der Waals surface area contributed by atoms with Crippen LogP contribution in [0, 0.1) is 0 Å². The van der Waals surface area contributed by atoms with Crippen LogP contribution in [-0.2, 0) is 0 Å². The zero-order valence-electron chi connectivity index (χ0n) is 4.51. The van der Waals surface area contributed by atoms with E-state index >= 15 is 0 Å². The predicted molar refractivity (Wildman–Crippen MR) is 52.5 cm³/mol. The van der Waals surface area contributed by atoms with E-state index in [0.717, 1.165) is 0 Å². The zero-order chi connectivity index (χ0) is 7.00. The molecule has 50 valence electrons. The van der Waals surface area contributed by atoms with E-state index in [2.05, 4.69) is 63.7 Å². The van der Waals surface area contributed by atoms with Gasteiger partial charge in [0, 0.05) is 0 Å². The van der Waals surface area contributed by atoms with Gasteiger partial charge in [0.25, 0.3) is 0 Å². The Labute approximate surface area is 83.3 Å². The molecule has 0 amide bonds. The fourth-order valence-corrected chi connectivity index (χ4v) is 0. The monoisotopic (exact) mass is 370 g/mol. The molecule has 0 unspecified atom stereocenters. The lowest BCUT2D eigenvalue weighted by atomic mass is 10.3. The molecule has 0 nitrogen and oxygen atoms in total. The maximum absolute atomic E-state index is 3.46. The average Bonchev–Trinajstić information content (AvgIpc) is 1.25. The normalized spacial score (nSPS) is 14.2. The van der Waals surface area contributed by atoms with E-state index in [1.165, 1.54) is 0 Å². The minimum atomic E-state index is -0.208. The molecule has 0 aliphatic rings. The van der Waals surface area contributed by atoms with Crippen molar-refractivity contribution in [3.63, 3.8) is 0 Å². The highest BCUT2D eigenvalue weighted by atomic mass is 80.0. The molecule has 0 N–H and O–H groups in total. The molecule has 0 bridgehead atoms. The van der Waals surface area contributed by atoms with E-state index in [9.17, 15) is 0 Å². The fourth-order valence-electron chi connectivity index (χ4n) is 0. The predicted octanol–water partition coefficient (Wildman–Crippen LogP) is 4.00. The van der Waals surface area contributed by atoms with Crippen LogP contribution in [0.1, 0.15) is 13.8 Å². The van der Waals surface area contributed by atoms with Crippen molar-refractivity contribution >= 4 is 63.7 Å². The maximum atomic E-state index is 3.46. The largest absolute Gasteiger partial charge is 0.149 e. The topological polar surface area (TPSA) is 0 Å². The first-order valence-electron chi connectivity index (χ1n) is 2.01. The van der Waals surface area contributed by atoms with Crippen LogP contribution in [0.2, 0.25) is 0 Å². The minimum absolute atomic E-state index is 0. The molecule has 4 heteroatoms. The van der Waals surface area contributed by atoms with Crippen molar-refractivity contribution in [3.8, 4) is 0 Å². The number of hydrogen-bond donors (Lipinski definition) is 0. The lowest BCUT2D eigenvalue weighted by molar-refractivity contribution is 0.798. The minimum Gasteiger partial charge on any atom is -0.0825 e. The quantitative estimate of drug-likeness (QED) is 0.563. The molecule has 0 aliphatic carbocycles. The van der Waals surface area contributed by atoms with Gasteiger partial charge in [-0.25, -0.2) is 0 Å². The summed E-state index contributed by atoms with van der Waals surface area (Å²) in [4.78, 5) is 0. The highest BCUT2D eigenvalue weighted by Crippen LogP contribution is 2.48. The SMILES string of the molecule is CC(C)(Br)C(Br)(Br)Br. The van der Waals surface area contributed by atoms with Gasteiger partial charge in [-0.3, -0.25) is 0 Å². The first-order chi connectivity index (χ1) is 3.25. The Morgan fingerprint density at radius 1 is 0.875 bits per heavy atom. The molecule has 0 fully saturated rings. The summed E-state index contributed by atoms with van der Waals surface area (Å²) in [6, 6.07) is 0. The molecule has 8 heavy (non-hydrogen) atoms. The van der Waals surface area contributed by atoms with Crippen LogP contribution in [0.15, 0.2) is 0 Å². The Morgan fingerprint density at radius 3 is 1.00 bits per heavy atom. The Balaban J connectivity index is 4.02. The van der Waals surface area contributed by atoms with Gasteiger partial charge >= 0.3 is 0 Å². The van der Waals surface area contributed by atoms with Crippen molar-refractivity contribution < 1.29 is 0 Å². The second-order valence-electron chi connectivity index (χ2n) is 1.97. The molecule has 0 aliphatic heterocycles. The van der Waals surface area contributed by atoms with Crippen LogP contribution in [0.3, 0.4) is 0 Å². The lowest BCUT2D eigenvalue weighted by Gasteiger charge is -2.26. The molecular formula is C4H6Br4. The van der Waals surface area contributed by atoms with Crippen molar-refractivity contribution in [1.29, 1.82) is 0 Å². The van der Waals surface area contributed by atoms with Gasteiger partial charge in [0.15, 0.2) is 0 Å². The third-order valence-electron chi connectivity index (χ3n) is 0.674. The Bertz CT molecular complexity index is 63.0. The fraction of sp³-hybridized carbons (Fsp3) is 1.00. The van der Waals surface area contributed by atoms with Crippen molar-refractivity contribution in [2.45, 2.75) is 20.3 Å². The molecule has 0 aromatic heterocycles. The van der Waals surface area contributed by atoms with Crippen LogP contribution in [0.4, 0.5) is 0 Å². The summed E-state index contributed by atoms with van der Waals surface area (Å²) in [6.07, 6.45) is 0. The van der Waals surface area contributed by atoms with Crippen LogP contribution >= 0.6 is 63.7 Å². The molecule has 0 rings (SSSR count). The molecule has 0 radical (unpaired) electrons. The molecule has 0 aromatic carbocycles. The smallest absolute Gasteiger partial charge is 0.0825 e. The number of rotatable bonds is 0. The molecular weight excluding hydrogens is 368 g/mol. The van der Waals surface area contributed by atoms with Crippen LogP contribution in [-0.4, -0.2) is 6.47 Å². The standard InChI is InChI=1S/C4H6Br4/c1-3(2,5)4(6,7)8/h1-2H3. The summed E-state index contributed by atoms with van der Waals surface area (Å²) in [6.45, 7) is 4.09. The summed E-state index contributed by atoms with van der Waals surface area (Å²) >= 11 is 13.6. The van der Waals surface area contributed by atoms with Gasteiger partial charge in [-0.1, -0.05) is 63.7 Å². The summed E-state index contributed by atoms with van der Waals surface area (Å²) in [5.41, 5.74) is 0. The summed E-state index contributed by atoms with van der Waals surface area (Å²) in [7, 11) is 0. The highest BCUT2D eigenvalue weighted by molar-refractivity contribution is 9.40. The van der Waals surface area contributed by atoms with Crippen molar-refractivity contribution in [2.75, 3.05) is 0 Å². The van der Waals surface area contributed by atoms with Crippen LogP contribution in [0.25, 0.3) is 0 Å². The maximum Gasteiger partial charge on any atom is 0.149 e. The summed E-state index contributed by atoms with van der Waals surface area (Å²) in [5.74, 6) is 0. The van der Waals surface area contributed by atoms with Gasteiger partial charge in [-0.15, -0.1) is 0 Å². The molecule has 0 aromatic rings. The number of hydrogen-bond acceptors (Lipinski definition) is 0. The first kappa shape index (κ1) is 9.92. The van der Waals surface area contributed by atoms with Gasteiger partial charge < -0.3 is 0 Å². The summed E-state index contributed by atoms with van der Waals surface area (Å²) < 4.78 is -0.208. The molecule has 0 atom stereocenters.